The quantitative estimate of drug-likeness (QED) is 0.427. The highest BCUT2D eigenvalue weighted by Crippen LogP contribution is 2.42. The molecule has 0 aromatic carbocycles. The van der Waals surface area contributed by atoms with Crippen molar-refractivity contribution in [1.29, 1.82) is 0 Å². The van der Waals surface area contributed by atoms with Crippen LogP contribution in [0.1, 0.15) is 58.3 Å². The molecular weight excluding hydrogens is 312 g/mol. The zero-order valence-corrected chi connectivity index (χ0v) is 12.8. The molecule has 0 aliphatic carbocycles. The lowest BCUT2D eigenvalue weighted by molar-refractivity contribution is -0.365. The van der Waals surface area contributed by atoms with Crippen molar-refractivity contribution in [3.05, 3.63) is 0 Å². The molecule has 0 saturated carbocycles. The summed E-state index contributed by atoms with van der Waals surface area (Å²) >= 11 is 0. The normalized spacial score (nSPS) is 13.6. The van der Waals surface area contributed by atoms with Gasteiger partial charge in [-0.3, -0.25) is 0 Å². The SMILES string of the molecule is CCCCCCCCCCNCC(O)(C(F)(F)F)C(F)(F)F. The average molecular weight is 337 g/mol. The molecule has 0 radical (unpaired) electrons. The Labute approximate surface area is 127 Å². The zero-order chi connectivity index (χ0) is 17.3. The standard InChI is InChI=1S/C14H25F6NO/c1-2-3-4-5-6-7-8-9-10-21-11-12(22,13(15,16)17)14(18,19)20/h21-22H,2-11H2,1H3. The summed E-state index contributed by atoms with van der Waals surface area (Å²) in [5.41, 5.74) is -4.69. The molecule has 0 saturated heterocycles. The predicted octanol–water partition coefficient (Wildman–Crippen LogP) is 4.57. The van der Waals surface area contributed by atoms with Crippen molar-refractivity contribution in [2.45, 2.75) is 76.2 Å². The van der Waals surface area contributed by atoms with Crippen molar-refractivity contribution in [2.24, 2.45) is 0 Å². The Balaban J connectivity index is 3.89. The van der Waals surface area contributed by atoms with Crippen LogP contribution in [0.4, 0.5) is 26.3 Å². The first-order valence-electron chi connectivity index (χ1n) is 7.63. The molecule has 0 spiro atoms. The first-order valence-corrected chi connectivity index (χ1v) is 7.63. The summed E-state index contributed by atoms with van der Waals surface area (Å²) in [4.78, 5) is 0. The molecule has 0 aromatic heterocycles. The highest BCUT2D eigenvalue weighted by molar-refractivity contribution is 4.95. The van der Waals surface area contributed by atoms with Gasteiger partial charge in [0.25, 0.3) is 5.60 Å². The maximum Gasteiger partial charge on any atom is 0.427 e. The van der Waals surface area contributed by atoms with Crippen LogP contribution in [-0.2, 0) is 0 Å². The molecule has 0 aliphatic rings. The molecule has 0 aromatic rings. The van der Waals surface area contributed by atoms with E-state index in [0.29, 0.717) is 6.42 Å². The van der Waals surface area contributed by atoms with Gasteiger partial charge in [0.15, 0.2) is 0 Å². The number of nitrogens with one attached hydrogen (secondary N) is 1. The Kier molecular flexibility index (Phi) is 9.38. The van der Waals surface area contributed by atoms with Gasteiger partial charge in [0, 0.05) is 6.54 Å². The second kappa shape index (κ2) is 9.60. The Morgan fingerprint density at radius 3 is 1.55 bits per heavy atom. The second-order valence-corrected chi connectivity index (χ2v) is 5.51. The van der Waals surface area contributed by atoms with Gasteiger partial charge in [0.05, 0.1) is 0 Å². The van der Waals surface area contributed by atoms with Gasteiger partial charge < -0.3 is 10.4 Å². The molecule has 8 heteroatoms. The summed E-state index contributed by atoms with van der Waals surface area (Å²) in [5.74, 6) is 0. The molecule has 0 atom stereocenters. The molecule has 134 valence electrons. The van der Waals surface area contributed by atoms with Crippen LogP contribution >= 0.6 is 0 Å². The fraction of sp³-hybridized carbons (Fsp3) is 1.00. The third-order valence-electron chi connectivity index (χ3n) is 3.53. The van der Waals surface area contributed by atoms with E-state index in [1.807, 2.05) is 0 Å². The molecule has 0 rings (SSSR count). The Bertz CT molecular complexity index is 276. The Morgan fingerprint density at radius 2 is 1.14 bits per heavy atom. The largest absolute Gasteiger partial charge is 0.427 e. The first-order chi connectivity index (χ1) is 10.1. The van der Waals surface area contributed by atoms with Crippen molar-refractivity contribution in [3.8, 4) is 0 Å². The van der Waals surface area contributed by atoms with E-state index >= 15 is 0 Å². The van der Waals surface area contributed by atoms with E-state index in [1.54, 1.807) is 0 Å². The van der Waals surface area contributed by atoms with Crippen LogP contribution < -0.4 is 5.32 Å². The summed E-state index contributed by atoms with van der Waals surface area (Å²) in [7, 11) is 0. The van der Waals surface area contributed by atoms with Gasteiger partial charge in [-0.2, -0.15) is 26.3 Å². The minimum absolute atomic E-state index is 0.0173. The van der Waals surface area contributed by atoms with E-state index < -0.39 is 24.5 Å². The van der Waals surface area contributed by atoms with Gasteiger partial charge in [-0.15, -0.1) is 0 Å². The Morgan fingerprint density at radius 1 is 0.727 bits per heavy atom. The summed E-state index contributed by atoms with van der Waals surface area (Å²) in [6.07, 6.45) is -3.77. The van der Waals surface area contributed by atoms with Crippen molar-refractivity contribution >= 4 is 0 Å². The summed E-state index contributed by atoms with van der Waals surface area (Å²) in [5, 5.41) is 11.0. The lowest BCUT2D eigenvalue weighted by Gasteiger charge is -2.32. The van der Waals surface area contributed by atoms with Gasteiger partial charge in [0.1, 0.15) is 0 Å². The fourth-order valence-corrected chi connectivity index (χ4v) is 2.01. The van der Waals surface area contributed by atoms with Crippen LogP contribution in [0.2, 0.25) is 0 Å². The monoisotopic (exact) mass is 337 g/mol. The zero-order valence-electron chi connectivity index (χ0n) is 12.8. The van der Waals surface area contributed by atoms with E-state index in [4.69, 9.17) is 5.11 Å². The number of aliphatic hydroxyl groups is 1. The molecule has 22 heavy (non-hydrogen) atoms. The smallest absolute Gasteiger partial charge is 0.373 e. The van der Waals surface area contributed by atoms with Crippen LogP contribution in [0.3, 0.4) is 0 Å². The van der Waals surface area contributed by atoms with Crippen LogP contribution in [0.25, 0.3) is 0 Å². The van der Waals surface area contributed by atoms with Gasteiger partial charge in [-0.05, 0) is 13.0 Å². The maximum absolute atomic E-state index is 12.4. The van der Waals surface area contributed by atoms with Crippen molar-refractivity contribution < 1.29 is 31.4 Å². The highest BCUT2D eigenvalue weighted by Gasteiger charge is 2.70. The lowest BCUT2D eigenvalue weighted by atomic mass is 10.0. The minimum Gasteiger partial charge on any atom is -0.373 e. The topological polar surface area (TPSA) is 32.3 Å². The van der Waals surface area contributed by atoms with E-state index in [2.05, 4.69) is 12.2 Å². The Hall–Kier alpha value is -0.500. The number of alkyl halides is 6. The molecule has 0 bridgehead atoms. The van der Waals surface area contributed by atoms with Crippen LogP contribution in [0.5, 0.6) is 0 Å². The summed E-state index contributed by atoms with van der Waals surface area (Å²) in [6.45, 7) is 0.550. The number of hydrogen-bond donors (Lipinski definition) is 2. The first kappa shape index (κ1) is 21.5. The van der Waals surface area contributed by atoms with Crippen molar-refractivity contribution in [1.82, 2.24) is 5.32 Å². The fourth-order valence-electron chi connectivity index (χ4n) is 2.01. The second-order valence-electron chi connectivity index (χ2n) is 5.51. The lowest BCUT2D eigenvalue weighted by Crippen LogP contribution is -2.62. The van der Waals surface area contributed by atoms with Crippen LogP contribution in [0, 0.1) is 0 Å². The van der Waals surface area contributed by atoms with Crippen molar-refractivity contribution in [3.63, 3.8) is 0 Å². The third kappa shape index (κ3) is 7.17. The number of hydrogen-bond acceptors (Lipinski definition) is 2. The molecule has 0 fully saturated rings. The molecule has 0 unspecified atom stereocenters. The summed E-state index contributed by atoms with van der Waals surface area (Å²) in [6, 6.07) is 0. The predicted molar refractivity (Wildman–Crippen MR) is 72.5 cm³/mol. The highest BCUT2D eigenvalue weighted by atomic mass is 19.4. The molecule has 2 N–H and O–H groups in total. The number of unbranched alkanes of at least 4 members (excludes halogenated alkanes) is 7. The number of rotatable bonds is 11. The van der Waals surface area contributed by atoms with Gasteiger partial charge in [-0.1, -0.05) is 51.9 Å². The van der Waals surface area contributed by atoms with Crippen LogP contribution in [-0.4, -0.2) is 36.1 Å². The molecule has 0 heterocycles. The third-order valence-corrected chi connectivity index (χ3v) is 3.53. The van der Waals surface area contributed by atoms with Gasteiger partial charge in [0.2, 0.25) is 0 Å². The van der Waals surface area contributed by atoms with E-state index in [0.717, 1.165) is 38.5 Å². The van der Waals surface area contributed by atoms with Gasteiger partial charge in [-0.25, -0.2) is 0 Å². The van der Waals surface area contributed by atoms with E-state index in [9.17, 15) is 26.3 Å². The van der Waals surface area contributed by atoms with E-state index in [1.165, 1.54) is 6.42 Å². The molecule has 2 nitrogen and oxygen atoms in total. The van der Waals surface area contributed by atoms with Gasteiger partial charge >= 0.3 is 12.4 Å². The summed E-state index contributed by atoms with van der Waals surface area (Å²) < 4.78 is 74.2. The molecule has 0 amide bonds. The van der Waals surface area contributed by atoms with Crippen molar-refractivity contribution in [2.75, 3.05) is 13.1 Å². The molecule has 0 aliphatic heterocycles. The average Bonchev–Trinajstić information content (AvgIpc) is 2.38. The number of halogens is 6. The maximum atomic E-state index is 12.4. The molecular formula is C14H25F6NO. The van der Waals surface area contributed by atoms with E-state index in [-0.39, 0.29) is 6.54 Å². The minimum atomic E-state index is -5.75. The van der Waals surface area contributed by atoms with Crippen LogP contribution in [0.15, 0.2) is 0 Å².